The van der Waals surface area contributed by atoms with Gasteiger partial charge >= 0.3 is 0 Å². The van der Waals surface area contributed by atoms with Crippen molar-refractivity contribution in [1.82, 2.24) is 14.9 Å². The molecule has 0 saturated carbocycles. The minimum Gasteiger partial charge on any atom is -0.389 e. The van der Waals surface area contributed by atoms with Crippen LogP contribution < -0.4 is 5.32 Å². The Hall–Kier alpha value is -2.02. The Kier molecular flexibility index (Phi) is 4.41. The molecule has 3 heterocycles. The van der Waals surface area contributed by atoms with Gasteiger partial charge in [-0.3, -0.25) is 4.90 Å². The zero-order chi connectivity index (χ0) is 17.3. The van der Waals surface area contributed by atoms with E-state index in [0.717, 1.165) is 25.1 Å². The van der Waals surface area contributed by atoms with Crippen LogP contribution in [0.1, 0.15) is 23.5 Å². The highest BCUT2D eigenvalue weighted by atomic mass is 16.5. The molecule has 2 saturated heterocycles. The standard InChI is InChI=1S/C19H24N4O2/c1-20-18-21-8-14(9-22-18)10-23-11-17(24)19(13-23)7-16(12-25-19)15-5-3-2-4-6-15/h2-6,8-9,16-17,24H,7,10-13H2,1H3,(H,20,21,22)/t16-,17+,19+/m0/s1. The normalized spacial score (nSPS) is 29.4. The number of aromatic nitrogens is 2. The average molecular weight is 340 g/mol. The van der Waals surface area contributed by atoms with Crippen molar-refractivity contribution in [3.8, 4) is 0 Å². The molecule has 1 aromatic heterocycles. The summed E-state index contributed by atoms with van der Waals surface area (Å²) in [5.41, 5.74) is 1.88. The first kappa shape index (κ1) is 16.4. The lowest BCUT2D eigenvalue weighted by atomic mass is 9.87. The summed E-state index contributed by atoms with van der Waals surface area (Å²) in [5.74, 6) is 0.973. The van der Waals surface area contributed by atoms with Crippen molar-refractivity contribution in [3.63, 3.8) is 0 Å². The van der Waals surface area contributed by atoms with Crippen molar-refractivity contribution in [2.24, 2.45) is 0 Å². The summed E-state index contributed by atoms with van der Waals surface area (Å²) in [5, 5.41) is 13.6. The maximum atomic E-state index is 10.7. The van der Waals surface area contributed by atoms with Crippen LogP contribution in [0.5, 0.6) is 0 Å². The second-order valence-corrected chi connectivity index (χ2v) is 7.04. The Bertz CT molecular complexity index is 709. The number of rotatable bonds is 4. The number of aliphatic hydroxyl groups excluding tert-OH is 1. The average Bonchev–Trinajstić information content (AvgIpc) is 3.21. The van der Waals surface area contributed by atoms with Gasteiger partial charge in [0.25, 0.3) is 0 Å². The SMILES string of the molecule is CNc1ncc(CN2C[C@@H](O)[C@@]3(C[C@H](c4ccccc4)CO3)C2)cn1. The van der Waals surface area contributed by atoms with Crippen LogP contribution in [0.3, 0.4) is 0 Å². The summed E-state index contributed by atoms with van der Waals surface area (Å²) in [7, 11) is 1.80. The fourth-order valence-electron chi connectivity index (χ4n) is 3.99. The van der Waals surface area contributed by atoms with E-state index in [2.05, 4.69) is 44.5 Å². The van der Waals surface area contributed by atoms with Crippen LogP contribution in [0, 0.1) is 0 Å². The van der Waals surface area contributed by atoms with Gasteiger partial charge in [0, 0.05) is 50.6 Å². The molecule has 1 aromatic carbocycles. The molecule has 2 aliphatic rings. The number of nitrogens with zero attached hydrogens (tertiary/aromatic N) is 3. The maximum Gasteiger partial charge on any atom is 0.222 e. The summed E-state index contributed by atoms with van der Waals surface area (Å²) in [6.07, 6.45) is 4.07. The van der Waals surface area contributed by atoms with E-state index >= 15 is 0 Å². The molecule has 2 aromatic rings. The minimum absolute atomic E-state index is 0.356. The molecule has 132 valence electrons. The van der Waals surface area contributed by atoms with Crippen LogP contribution in [0.25, 0.3) is 0 Å². The Morgan fingerprint density at radius 1 is 1.28 bits per heavy atom. The molecule has 6 heteroatoms. The lowest BCUT2D eigenvalue weighted by Gasteiger charge is -2.26. The smallest absolute Gasteiger partial charge is 0.222 e. The van der Waals surface area contributed by atoms with Crippen LogP contribution in [-0.4, -0.2) is 58.4 Å². The van der Waals surface area contributed by atoms with Gasteiger partial charge < -0.3 is 15.2 Å². The van der Waals surface area contributed by atoms with Gasteiger partial charge in [-0.05, 0) is 12.0 Å². The molecule has 25 heavy (non-hydrogen) atoms. The summed E-state index contributed by atoms with van der Waals surface area (Å²) in [6.45, 7) is 2.76. The van der Waals surface area contributed by atoms with Crippen LogP contribution in [0.15, 0.2) is 42.7 Å². The Balaban J connectivity index is 1.42. The van der Waals surface area contributed by atoms with Crippen molar-refractivity contribution >= 4 is 5.95 Å². The highest BCUT2D eigenvalue weighted by Gasteiger charge is 2.51. The maximum absolute atomic E-state index is 10.7. The topological polar surface area (TPSA) is 70.5 Å². The molecule has 2 fully saturated rings. The number of β-amino-alcohol motifs (C(OH)–C–C–N with tert-alkyl or cyclic N) is 1. The third-order valence-corrected chi connectivity index (χ3v) is 5.30. The van der Waals surface area contributed by atoms with Crippen molar-refractivity contribution in [1.29, 1.82) is 0 Å². The van der Waals surface area contributed by atoms with E-state index in [4.69, 9.17) is 4.74 Å². The molecule has 2 N–H and O–H groups in total. The van der Waals surface area contributed by atoms with E-state index in [1.165, 1.54) is 5.56 Å². The van der Waals surface area contributed by atoms with E-state index in [1.807, 2.05) is 18.5 Å². The van der Waals surface area contributed by atoms with Gasteiger partial charge in [-0.25, -0.2) is 9.97 Å². The number of hydrogen-bond donors (Lipinski definition) is 2. The monoisotopic (exact) mass is 340 g/mol. The zero-order valence-corrected chi connectivity index (χ0v) is 14.4. The van der Waals surface area contributed by atoms with Crippen LogP contribution in [0.2, 0.25) is 0 Å². The number of ether oxygens (including phenoxy) is 1. The van der Waals surface area contributed by atoms with E-state index in [-0.39, 0.29) is 0 Å². The lowest BCUT2D eigenvalue weighted by molar-refractivity contribution is -0.0594. The number of benzene rings is 1. The summed E-state index contributed by atoms with van der Waals surface area (Å²) in [6, 6.07) is 10.4. The number of anilines is 1. The molecule has 0 unspecified atom stereocenters. The largest absolute Gasteiger partial charge is 0.389 e. The quantitative estimate of drug-likeness (QED) is 0.882. The Labute approximate surface area is 147 Å². The molecule has 0 amide bonds. The van der Waals surface area contributed by atoms with Gasteiger partial charge in [-0.1, -0.05) is 30.3 Å². The summed E-state index contributed by atoms with van der Waals surface area (Å²) < 4.78 is 6.15. The van der Waals surface area contributed by atoms with Crippen molar-refractivity contribution in [2.75, 3.05) is 32.1 Å². The second kappa shape index (κ2) is 6.71. The number of aliphatic hydroxyl groups is 1. The number of likely N-dealkylation sites (tertiary alicyclic amines) is 1. The number of hydrogen-bond acceptors (Lipinski definition) is 6. The van der Waals surface area contributed by atoms with Gasteiger partial charge in [0.2, 0.25) is 5.95 Å². The highest BCUT2D eigenvalue weighted by Crippen LogP contribution is 2.42. The van der Waals surface area contributed by atoms with E-state index < -0.39 is 11.7 Å². The van der Waals surface area contributed by atoms with Crippen molar-refractivity contribution in [3.05, 3.63) is 53.9 Å². The van der Waals surface area contributed by atoms with Gasteiger partial charge in [-0.2, -0.15) is 0 Å². The first-order valence-electron chi connectivity index (χ1n) is 8.76. The molecule has 2 aliphatic heterocycles. The molecule has 4 rings (SSSR count). The number of nitrogens with one attached hydrogen (secondary N) is 1. The molecule has 1 spiro atoms. The van der Waals surface area contributed by atoms with Gasteiger partial charge in [0.05, 0.1) is 12.7 Å². The van der Waals surface area contributed by atoms with Crippen molar-refractivity contribution < 1.29 is 9.84 Å². The van der Waals surface area contributed by atoms with E-state index in [0.29, 0.717) is 25.0 Å². The zero-order valence-electron chi connectivity index (χ0n) is 14.4. The predicted molar refractivity (Wildman–Crippen MR) is 95.3 cm³/mol. The van der Waals surface area contributed by atoms with E-state index in [9.17, 15) is 5.11 Å². The molecular weight excluding hydrogens is 316 g/mol. The lowest BCUT2D eigenvalue weighted by Crippen LogP contribution is -2.41. The summed E-state index contributed by atoms with van der Waals surface area (Å²) in [4.78, 5) is 10.7. The van der Waals surface area contributed by atoms with Gasteiger partial charge in [0.15, 0.2) is 0 Å². The molecule has 0 radical (unpaired) electrons. The predicted octanol–water partition coefficient (Wildman–Crippen LogP) is 1.64. The molecular formula is C19H24N4O2. The van der Waals surface area contributed by atoms with Gasteiger partial charge in [0.1, 0.15) is 5.60 Å². The molecule has 6 nitrogen and oxygen atoms in total. The third kappa shape index (κ3) is 3.25. The van der Waals surface area contributed by atoms with E-state index in [1.54, 1.807) is 7.05 Å². The first-order chi connectivity index (χ1) is 12.2. The fraction of sp³-hybridized carbons (Fsp3) is 0.474. The Morgan fingerprint density at radius 3 is 2.76 bits per heavy atom. The molecule has 0 aliphatic carbocycles. The van der Waals surface area contributed by atoms with Gasteiger partial charge in [-0.15, -0.1) is 0 Å². The van der Waals surface area contributed by atoms with Crippen molar-refractivity contribution in [2.45, 2.75) is 30.6 Å². The van der Waals surface area contributed by atoms with Crippen LogP contribution in [-0.2, 0) is 11.3 Å². The fourth-order valence-corrected chi connectivity index (χ4v) is 3.99. The third-order valence-electron chi connectivity index (χ3n) is 5.30. The summed E-state index contributed by atoms with van der Waals surface area (Å²) >= 11 is 0. The first-order valence-corrected chi connectivity index (χ1v) is 8.76. The second-order valence-electron chi connectivity index (χ2n) is 7.04. The van der Waals surface area contributed by atoms with Crippen LogP contribution in [0.4, 0.5) is 5.95 Å². The minimum atomic E-state index is -0.460. The van der Waals surface area contributed by atoms with Crippen LogP contribution >= 0.6 is 0 Å². The molecule has 0 bridgehead atoms. The highest BCUT2D eigenvalue weighted by molar-refractivity contribution is 5.24. The molecule has 3 atom stereocenters. The Morgan fingerprint density at radius 2 is 2.04 bits per heavy atom.